The van der Waals surface area contributed by atoms with Crippen LogP contribution in [0.25, 0.3) is 0 Å². The summed E-state index contributed by atoms with van der Waals surface area (Å²) in [5, 5.41) is 10.1. The van der Waals surface area contributed by atoms with E-state index in [1.165, 1.54) is 25.7 Å². The van der Waals surface area contributed by atoms with E-state index in [0.717, 1.165) is 36.5 Å². The van der Waals surface area contributed by atoms with Crippen LogP contribution in [0.5, 0.6) is 23.0 Å². The van der Waals surface area contributed by atoms with E-state index in [9.17, 15) is 5.11 Å². The molecule has 0 bridgehead atoms. The second-order valence-corrected chi connectivity index (χ2v) is 10.5. The van der Waals surface area contributed by atoms with Crippen LogP contribution in [0.1, 0.15) is 50.2 Å². The number of hydrogen-bond donors (Lipinski definition) is 1. The van der Waals surface area contributed by atoms with E-state index < -0.39 is 0 Å². The van der Waals surface area contributed by atoms with Gasteiger partial charge in [0.05, 0.1) is 38.7 Å². The van der Waals surface area contributed by atoms with E-state index in [4.69, 9.17) is 23.7 Å². The van der Waals surface area contributed by atoms with E-state index in [1.54, 1.807) is 18.3 Å². The first-order chi connectivity index (χ1) is 21.2. The first-order valence-corrected chi connectivity index (χ1v) is 15.5. The lowest BCUT2D eigenvalue weighted by Crippen LogP contribution is -2.31. The number of benzene rings is 3. The third kappa shape index (κ3) is 11.5. The van der Waals surface area contributed by atoms with Gasteiger partial charge < -0.3 is 28.8 Å². The Hall–Kier alpha value is -3.59. The Balaban J connectivity index is 1.42. The van der Waals surface area contributed by atoms with Crippen LogP contribution < -0.4 is 14.2 Å². The van der Waals surface area contributed by atoms with Crippen molar-refractivity contribution in [3.63, 3.8) is 0 Å². The molecule has 232 valence electrons. The van der Waals surface area contributed by atoms with Crippen molar-refractivity contribution in [2.24, 2.45) is 4.99 Å². The fourth-order valence-electron chi connectivity index (χ4n) is 4.75. The van der Waals surface area contributed by atoms with Crippen LogP contribution in [0.3, 0.4) is 0 Å². The van der Waals surface area contributed by atoms with Gasteiger partial charge in [-0.15, -0.1) is 0 Å². The number of phenols is 1. The molecule has 4 rings (SSSR count). The quantitative estimate of drug-likeness (QED) is 0.194. The Kier molecular flexibility index (Phi) is 14.2. The predicted molar refractivity (Wildman–Crippen MR) is 170 cm³/mol. The number of aliphatic imine (C=N–C) groups is 1. The molecule has 0 aliphatic carbocycles. The SMILES string of the molecule is CCCCCCCOc1ccc(N=Cc2ccccc2O)cc1CN1CCOCCOc2ccccc2OCCOCC1. The Morgan fingerprint density at radius 2 is 1.47 bits per heavy atom. The van der Waals surface area contributed by atoms with E-state index >= 15 is 0 Å². The zero-order valence-electron chi connectivity index (χ0n) is 25.4. The number of aromatic hydroxyl groups is 1. The summed E-state index contributed by atoms with van der Waals surface area (Å²) in [6.07, 6.45) is 7.63. The maximum Gasteiger partial charge on any atom is 0.161 e. The minimum atomic E-state index is 0.204. The first-order valence-electron chi connectivity index (χ1n) is 15.5. The molecule has 0 radical (unpaired) electrons. The average molecular weight is 591 g/mol. The second kappa shape index (κ2) is 18.8. The van der Waals surface area contributed by atoms with Crippen LogP contribution in [-0.2, 0) is 16.0 Å². The van der Waals surface area contributed by atoms with E-state index in [0.29, 0.717) is 69.9 Å². The fourth-order valence-corrected chi connectivity index (χ4v) is 4.75. The molecule has 1 heterocycles. The third-order valence-corrected chi connectivity index (χ3v) is 7.16. The molecule has 0 fully saturated rings. The first kappa shape index (κ1) is 32.3. The van der Waals surface area contributed by atoms with Crippen molar-refractivity contribution in [3.05, 3.63) is 77.9 Å². The molecule has 8 nitrogen and oxygen atoms in total. The zero-order valence-corrected chi connectivity index (χ0v) is 25.4. The van der Waals surface area contributed by atoms with Crippen LogP contribution in [0.15, 0.2) is 71.7 Å². The molecular formula is C35H46N2O6. The average Bonchev–Trinajstić information content (AvgIpc) is 3.03. The fraction of sp³-hybridized carbons (Fsp3) is 0.457. The lowest BCUT2D eigenvalue weighted by molar-refractivity contribution is 0.0572. The van der Waals surface area contributed by atoms with Crippen molar-refractivity contribution >= 4 is 11.9 Å². The lowest BCUT2D eigenvalue weighted by Gasteiger charge is -2.24. The van der Waals surface area contributed by atoms with Crippen molar-refractivity contribution < 1.29 is 28.8 Å². The third-order valence-electron chi connectivity index (χ3n) is 7.16. The van der Waals surface area contributed by atoms with Crippen LogP contribution in [0.4, 0.5) is 5.69 Å². The molecule has 8 heteroatoms. The number of hydrogen-bond acceptors (Lipinski definition) is 8. The van der Waals surface area contributed by atoms with Gasteiger partial charge in [-0.25, -0.2) is 0 Å². The highest BCUT2D eigenvalue weighted by molar-refractivity contribution is 5.85. The van der Waals surface area contributed by atoms with Gasteiger partial charge in [0.2, 0.25) is 0 Å². The second-order valence-electron chi connectivity index (χ2n) is 10.5. The van der Waals surface area contributed by atoms with Crippen LogP contribution >= 0.6 is 0 Å². The number of nitrogens with zero attached hydrogens (tertiary/aromatic N) is 2. The number of para-hydroxylation sites is 3. The van der Waals surface area contributed by atoms with Gasteiger partial charge in [-0.1, -0.05) is 56.9 Å². The Morgan fingerprint density at radius 3 is 2.16 bits per heavy atom. The van der Waals surface area contributed by atoms with E-state index in [-0.39, 0.29) is 5.75 Å². The number of phenolic OH excluding ortho intramolecular Hbond substituents is 1. The summed E-state index contributed by atoms with van der Waals surface area (Å²) >= 11 is 0. The topological polar surface area (TPSA) is 82.0 Å². The largest absolute Gasteiger partial charge is 0.507 e. The Morgan fingerprint density at radius 1 is 0.791 bits per heavy atom. The number of fused-ring (bicyclic) bond motifs is 1. The standard InChI is InChI=1S/C35H46N2O6/c1-2-3-4-5-10-19-41-33-16-15-31(36-27-29-11-6-7-12-32(29)38)26-30(33)28-37-17-20-39-22-24-42-34-13-8-9-14-35(34)43-25-23-40-21-18-37/h6-9,11-16,26-27,38H,2-5,10,17-25,28H2,1H3. The minimum Gasteiger partial charge on any atom is -0.507 e. The summed E-state index contributed by atoms with van der Waals surface area (Å²) in [5.41, 5.74) is 2.53. The van der Waals surface area contributed by atoms with Crippen LogP contribution in [-0.4, -0.2) is 75.6 Å². The monoisotopic (exact) mass is 590 g/mol. The predicted octanol–water partition coefficient (Wildman–Crippen LogP) is 6.80. The molecule has 43 heavy (non-hydrogen) atoms. The lowest BCUT2D eigenvalue weighted by atomic mass is 10.1. The summed E-state index contributed by atoms with van der Waals surface area (Å²) in [4.78, 5) is 6.97. The molecular weight excluding hydrogens is 544 g/mol. The number of ether oxygens (including phenoxy) is 5. The van der Waals surface area contributed by atoms with E-state index in [1.807, 2.05) is 48.5 Å². The summed E-state index contributed by atoms with van der Waals surface area (Å²) in [6, 6.07) is 20.9. The molecule has 3 aromatic carbocycles. The van der Waals surface area contributed by atoms with Crippen molar-refractivity contribution in [2.45, 2.75) is 45.6 Å². The van der Waals surface area contributed by atoms with Crippen molar-refractivity contribution in [1.82, 2.24) is 4.90 Å². The number of rotatable bonds is 11. The van der Waals surface area contributed by atoms with Crippen molar-refractivity contribution in [3.8, 4) is 23.0 Å². The van der Waals surface area contributed by atoms with Crippen molar-refractivity contribution in [2.75, 3.05) is 59.3 Å². The highest BCUT2D eigenvalue weighted by atomic mass is 16.6. The molecule has 3 aromatic rings. The van der Waals surface area contributed by atoms with Crippen molar-refractivity contribution in [1.29, 1.82) is 0 Å². The highest BCUT2D eigenvalue weighted by Gasteiger charge is 2.13. The van der Waals surface area contributed by atoms with E-state index in [2.05, 4.69) is 22.9 Å². The Labute approximate surface area is 256 Å². The maximum atomic E-state index is 10.1. The van der Waals surface area contributed by atoms with Gasteiger partial charge in [0.1, 0.15) is 24.7 Å². The molecule has 0 aromatic heterocycles. The van der Waals surface area contributed by atoms with Gasteiger partial charge in [0.15, 0.2) is 11.5 Å². The molecule has 0 spiro atoms. The Bertz CT molecular complexity index is 1220. The van der Waals surface area contributed by atoms with Gasteiger partial charge in [0, 0.05) is 37.0 Å². The van der Waals surface area contributed by atoms with Gasteiger partial charge >= 0.3 is 0 Å². The van der Waals surface area contributed by atoms with Gasteiger partial charge in [-0.05, 0) is 48.9 Å². The molecule has 0 saturated carbocycles. The summed E-state index contributed by atoms with van der Waals surface area (Å²) in [5.74, 6) is 2.50. The summed E-state index contributed by atoms with van der Waals surface area (Å²) < 4.78 is 29.9. The van der Waals surface area contributed by atoms with Gasteiger partial charge in [0.25, 0.3) is 0 Å². The smallest absolute Gasteiger partial charge is 0.161 e. The summed E-state index contributed by atoms with van der Waals surface area (Å²) in [7, 11) is 0. The zero-order chi connectivity index (χ0) is 30.0. The molecule has 0 amide bonds. The molecule has 1 aliphatic heterocycles. The summed E-state index contributed by atoms with van der Waals surface area (Å²) in [6.45, 7) is 8.06. The molecule has 0 atom stereocenters. The molecule has 1 aliphatic rings. The molecule has 0 saturated heterocycles. The molecule has 0 unspecified atom stereocenters. The normalized spacial score (nSPS) is 15.6. The molecule has 1 N–H and O–H groups in total. The minimum absolute atomic E-state index is 0.204. The maximum absolute atomic E-state index is 10.1. The van der Waals surface area contributed by atoms with Crippen LogP contribution in [0.2, 0.25) is 0 Å². The van der Waals surface area contributed by atoms with Crippen LogP contribution in [0, 0.1) is 0 Å². The number of unbranched alkanes of at least 4 members (excludes halogenated alkanes) is 4. The van der Waals surface area contributed by atoms with Gasteiger partial charge in [-0.2, -0.15) is 0 Å². The van der Waals surface area contributed by atoms with Gasteiger partial charge in [-0.3, -0.25) is 9.89 Å². The highest BCUT2D eigenvalue weighted by Crippen LogP contribution is 2.28.